The van der Waals surface area contributed by atoms with E-state index in [9.17, 15) is 13.2 Å². The fourth-order valence-electron chi connectivity index (χ4n) is 3.16. The first-order valence-electron chi connectivity index (χ1n) is 8.14. The van der Waals surface area contributed by atoms with Gasteiger partial charge in [-0.1, -0.05) is 40.2 Å². The van der Waals surface area contributed by atoms with Gasteiger partial charge < -0.3 is 10.1 Å². The zero-order valence-electron chi connectivity index (χ0n) is 13.6. The first-order valence-corrected chi connectivity index (χ1v) is 8.93. The Morgan fingerprint density at radius 1 is 1.04 bits per heavy atom. The Bertz CT molecular complexity index is 709. The number of alkyl halides is 3. The molecule has 0 amide bonds. The minimum atomic E-state index is -4.30. The van der Waals surface area contributed by atoms with Crippen LogP contribution in [0.5, 0.6) is 0 Å². The Morgan fingerprint density at radius 3 is 2.32 bits per heavy atom. The quantitative estimate of drug-likeness (QED) is 0.737. The second-order valence-electron chi connectivity index (χ2n) is 6.25. The third-order valence-electron chi connectivity index (χ3n) is 4.64. The second kappa shape index (κ2) is 7.48. The molecular formula is C19H19BrF3NO. The summed E-state index contributed by atoms with van der Waals surface area (Å²) in [6.07, 6.45) is -2.65. The maximum atomic E-state index is 12.7. The van der Waals surface area contributed by atoms with Crippen LogP contribution < -0.4 is 5.32 Å². The maximum Gasteiger partial charge on any atom is 0.416 e. The molecule has 0 aromatic heterocycles. The van der Waals surface area contributed by atoms with E-state index in [4.69, 9.17) is 4.74 Å². The van der Waals surface area contributed by atoms with Crippen LogP contribution >= 0.6 is 15.9 Å². The minimum Gasteiger partial charge on any atom is -0.381 e. The van der Waals surface area contributed by atoms with Gasteiger partial charge in [0.1, 0.15) is 0 Å². The summed E-state index contributed by atoms with van der Waals surface area (Å²) in [6, 6.07) is 13.5. The van der Waals surface area contributed by atoms with Gasteiger partial charge in [0.2, 0.25) is 0 Å². The molecule has 134 valence electrons. The molecule has 2 aromatic carbocycles. The van der Waals surface area contributed by atoms with Gasteiger partial charge in [0.15, 0.2) is 0 Å². The maximum absolute atomic E-state index is 12.7. The van der Waals surface area contributed by atoms with Crippen molar-refractivity contribution in [3.8, 4) is 0 Å². The molecule has 0 saturated carbocycles. The van der Waals surface area contributed by atoms with E-state index in [1.54, 1.807) is 0 Å². The van der Waals surface area contributed by atoms with Crippen LogP contribution in [-0.2, 0) is 23.0 Å². The van der Waals surface area contributed by atoms with Crippen LogP contribution in [0.1, 0.15) is 29.5 Å². The summed E-state index contributed by atoms with van der Waals surface area (Å²) in [6.45, 7) is 1.82. The molecule has 0 spiro atoms. The summed E-state index contributed by atoms with van der Waals surface area (Å²) in [4.78, 5) is 0. The van der Waals surface area contributed by atoms with Crippen molar-refractivity contribution < 1.29 is 17.9 Å². The van der Waals surface area contributed by atoms with Gasteiger partial charge in [0.25, 0.3) is 0 Å². The second-order valence-corrected chi connectivity index (χ2v) is 7.17. The van der Waals surface area contributed by atoms with E-state index in [1.807, 2.05) is 12.1 Å². The van der Waals surface area contributed by atoms with E-state index in [1.165, 1.54) is 12.1 Å². The lowest BCUT2D eigenvalue weighted by Crippen LogP contribution is -2.46. The van der Waals surface area contributed by atoms with Gasteiger partial charge in [-0.25, -0.2) is 0 Å². The summed E-state index contributed by atoms with van der Waals surface area (Å²) < 4.78 is 44.6. The van der Waals surface area contributed by atoms with Gasteiger partial charge in [-0.2, -0.15) is 13.2 Å². The predicted molar refractivity (Wildman–Crippen MR) is 94.2 cm³/mol. The van der Waals surface area contributed by atoms with Gasteiger partial charge in [0, 0.05) is 29.8 Å². The largest absolute Gasteiger partial charge is 0.416 e. The van der Waals surface area contributed by atoms with Crippen molar-refractivity contribution in [1.82, 2.24) is 5.32 Å². The Balaban J connectivity index is 1.77. The van der Waals surface area contributed by atoms with Crippen molar-refractivity contribution >= 4 is 15.9 Å². The molecule has 2 aromatic rings. The Hall–Kier alpha value is -1.37. The van der Waals surface area contributed by atoms with Gasteiger partial charge in [-0.05, 0) is 48.2 Å². The topological polar surface area (TPSA) is 21.3 Å². The van der Waals surface area contributed by atoms with Gasteiger partial charge in [-0.3, -0.25) is 0 Å². The molecule has 3 rings (SSSR count). The number of benzene rings is 2. The molecule has 0 atom stereocenters. The van der Waals surface area contributed by atoms with Crippen molar-refractivity contribution in [3.05, 3.63) is 69.7 Å². The molecule has 2 nitrogen and oxygen atoms in total. The third-order valence-corrected chi connectivity index (χ3v) is 5.13. The van der Waals surface area contributed by atoms with Crippen molar-refractivity contribution in [2.45, 2.75) is 31.1 Å². The fraction of sp³-hybridized carbons (Fsp3) is 0.368. The van der Waals surface area contributed by atoms with E-state index in [0.29, 0.717) is 19.8 Å². The molecule has 1 fully saturated rings. The third kappa shape index (κ3) is 4.43. The molecule has 0 aliphatic carbocycles. The summed E-state index contributed by atoms with van der Waals surface area (Å²) in [7, 11) is 0. The SMILES string of the molecule is FC(F)(F)c1ccc(CNC2(c3cccc(Br)c3)CCOCC2)cc1. The molecule has 0 radical (unpaired) electrons. The van der Waals surface area contributed by atoms with E-state index < -0.39 is 11.7 Å². The molecule has 25 heavy (non-hydrogen) atoms. The molecule has 0 unspecified atom stereocenters. The Labute approximate surface area is 153 Å². The molecule has 6 heteroatoms. The van der Waals surface area contributed by atoms with Crippen LogP contribution in [0, 0.1) is 0 Å². The lowest BCUT2D eigenvalue weighted by molar-refractivity contribution is -0.137. The van der Waals surface area contributed by atoms with E-state index in [-0.39, 0.29) is 5.54 Å². The highest BCUT2D eigenvalue weighted by molar-refractivity contribution is 9.10. The van der Waals surface area contributed by atoms with Gasteiger partial charge >= 0.3 is 6.18 Å². The average Bonchev–Trinajstić information content (AvgIpc) is 2.60. The van der Waals surface area contributed by atoms with Crippen molar-refractivity contribution in [3.63, 3.8) is 0 Å². The molecule has 1 aliphatic heterocycles. The highest BCUT2D eigenvalue weighted by Gasteiger charge is 2.34. The van der Waals surface area contributed by atoms with Crippen LogP contribution in [0.15, 0.2) is 53.0 Å². The summed E-state index contributed by atoms with van der Waals surface area (Å²) in [5.74, 6) is 0. The van der Waals surface area contributed by atoms with Crippen LogP contribution in [0.3, 0.4) is 0 Å². The molecular weight excluding hydrogens is 395 g/mol. The number of hydrogen-bond donors (Lipinski definition) is 1. The number of rotatable bonds is 4. The summed E-state index contributed by atoms with van der Waals surface area (Å²) >= 11 is 3.51. The zero-order valence-corrected chi connectivity index (χ0v) is 15.2. The summed E-state index contributed by atoms with van der Waals surface area (Å²) in [5.41, 5.74) is 1.14. The smallest absolute Gasteiger partial charge is 0.381 e. The Morgan fingerprint density at radius 2 is 1.72 bits per heavy atom. The molecule has 1 heterocycles. The Kier molecular flexibility index (Phi) is 5.51. The number of ether oxygens (including phenoxy) is 1. The van der Waals surface area contributed by atoms with E-state index in [2.05, 4.69) is 33.4 Å². The van der Waals surface area contributed by atoms with Crippen LogP contribution in [0.25, 0.3) is 0 Å². The monoisotopic (exact) mass is 413 g/mol. The van der Waals surface area contributed by atoms with Crippen molar-refractivity contribution in [1.29, 1.82) is 0 Å². The highest BCUT2D eigenvalue weighted by Crippen LogP contribution is 2.34. The fourth-order valence-corrected chi connectivity index (χ4v) is 3.56. The normalized spacial score (nSPS) is 17.4. The van der Waals surface area contributed by atoms with Crippen LogP contribution in [-0.4, -0.2) is 13.2 Å². The van der Waals surface area contributed by atoms with Crippen LogP contribution in [0.4, 0.5) is 13.2 Å². The zero-order chi connectivity index (χ0) is 17.9. The number of nitrogens with one attached hydrogen (secondary N) is 1. The lowest BCUT2D eigenvalue weighted by Gasteiger charge is -2.39. The van der Waals surface area contributed by atoms with E-state index >= 15 is 0 Å². The average molecular weight is 414 g/mol. The lowest BCUT2D eigenvalue weighted by atomic mass is 9.82. The van der Waals surface area contributed by atoms with Crippen molar-refractivity contribution in [2.75, 3.05) is 13.2 Å². The van der Waals surface area contributed by atoms with Gasteiger partial charge in [-0.15, -0.1) is 0 Å². The predicted octanol–water partition coefficient (Wildman–Crippen LogP) is 5.26. The standard InChI is InChI=1S/C19H19BrF3NO/c20-17-3-1-2-16(12-17)18(8-10-25-11-9-18)24-13-14-4-6-15(7-5-14)19(21,22)23/h1-7,12,24H,8-11,13H2. The summed E-state index contributed by atoms with van der Waals surface area (Å²) in [5, 5.41) is 3.57. The molecule has 1 saturated heterocycles. The van der Waals surface area contributed by atoms with Gasteiger partial charge in [0.05, 0.1) is 5.56 Å². The first-order chi connectivity index (χ1) is 11.9. The number of halogens is 4. The van der Waals surface area contributed by atoms with E-state index in [0.717, 1.165) is 40.6 Å². The molecule has 1 N–H and O–H groups in total. The number of hydrogen-bond acceptors (Lipinski definition) is 2. The highest BCUT2D eigenvalue weighted by atomic mass is 79.9. The molecule has 1 aliphatic rings. The van der Waals surface area contributed by atoms with Crippen LogP contribution in [0.2, 0.25) is 0 Å². The van der Waals surface area contributed by atoms with Crippen molar-refractivity contribution in [2.24, 2.45) is 0 Å². The molecule has 0 bridgehead atoms. The first kappa shape index (κ1) is 18.4. The minimum absolute atomic E-state index is 0.231.